The second-order valence-electron chi connectivity index (χ2n) is 6.80. The number of aryl methyl sites for hydroxylation is 1. The lowest BCUT2D eigenvalue weighted by Gasteiger charge is -2.18. The Bertz CT molecular complexity index is 831. The van der Waals surface area contributed by atoms with Crippen LogP contribution in [-0.2, 0) is 13.1 Å². The number of thiazole rings is 1. The molecule has 122 valence electrons. The molecule has 3 aromatic rings. The molecule has 3 rings (SSSR count). The van der Waals surface area contributed by atoms with Crippen molar-refractivity contribution in [3.8, 4) is 0 Å². The lowest BCUT2D eigenvalue weighted by Crippen LogP contribution is -2.16. The summed E-state index contributed by atoms with van der Waals surface area (Å²) in [5.41, 5.74) is 3.12. The molecule has 0 aliphatic rings. The Morgan fingerprint density at radius 1 is 1.30 bits per heavy atom. The minimum Gasteiger partial charge on any atom is -0.379 e. The van der Waals surface area contributed by atoms with E-state index in [1.165, 1.54) is 4.88 Å². The molecule has 0 radical (unpaired) electrons. The van der Waals surface area contributed by atoms with E-state index in [-0.39, 0.29) is 5.41 Å². The Morgan fingerprint density at radius 2 is 2.09 bits per heavy atom. The highest BCUT2D eigenvalue weighted by atomic mass is 79.9. The summed E-state index contributed by atoms with van der Waals surface area (Å²) in [7, 11) is 0. The third-order valence-corrected chi connectivity index (χ3v) is 5.09. The smallest absolute Gasteiger partial charge is 0.129 e. The van der Waals surface area contributed by atoms with Gasteiger partial charge in [-0.05, 0) is 40.4 Å². The Kier molecular flexibility index (Phi) is 4.42. The molecule has 7 heteroatoms. The lowest BCUT2D eigenvalue weighted by atomic mass is 9.97. The summed E-state index contributed by atoms with van der Waals surface area (Å²) in [4.78, 5) is 5.49. The maximum absolute atomic E-state index is 4.34. The lowest BCUT2D eigenvalue weighted by molar-refractivity contribution is 0.327. The first-order chi connectivity index (χ1) is 10.8. The zero-order valence-electron chi connectivity index (χ0n) is 13.7. The highest BCUT2D eigenvalue weighted by Crippen LogP contribution is 2.31. The van der Waals surface area contributed by atoms with Gasteiger partial charge in [-0.15, -0.1) is 16.4 Å². The van der Waals surface area contributed by atoms with Crippen molar-refractivity contribution in [1.82, 2.24) is 20.0 Å². The summed E-state index contributed by atoms with van der Waals surface area (Å²) >= 11 is 5.37. The van der Waals surface area contributed by atoms with Crippen LogP contribution in [0.25, 0.3) is 11.0 Å². The van der Waals surface area contributed by atoms with Gasteiger partial charge in [0, 0.05) is 17.6 Å². The number of anilines is 1. The van der Waals surface area contributed by atoms with Crippen molar-refractivity contribution in [2.45, 2.75) is 40.8 Å². The highest BCUT2D eigenvalue weighted by Gasteiger charge is 2.17. The molecule has 0 amide bonds. The predicted molar refractivity (Wildman–Crippen MR) is 98.9 cm³/mol. The molecule has 0 saturated carbocycles. The summed E-state index contributed by atoms with van der Waals surface area (Å²) in [5, 5.41) is 13.2. The number of aromatic nitrogens is 4. The molecular formula is C16H20BrN5S. The van der Waals surface area contributed by atoms with Gasteiger partial charge in [0.25, 0.3) is 0 Å². The molecule has 0 atom stereocenters. The van der Waals surface area contributed by atoms with Crippen molar-refractivity contribution < 1.29 is 0 Å². The van der Waals surface area contributed by atoms with Crippen LogP contribution in [0.5, 0.6) is 0 Å². The largest absolute Gasteiger partial charge is 0.379 e. The molecule has 1 N–H and O–H groups in total. The van der Waals surface area contributed by atoms with E-state index >= 15 is 0 Å². The normalized spacial score (nSPS) is 12.0. The number of halogens is 1. The second kappa shape index (κ2) is 6.20. The molecule has 5 nitrogen and oxygen atoms in total. The van der Waals surface area contributed by atoms with Crippen molar-refractivity contribution in [3.05, 3.63) is 32.7 Å². The van der Waals surface area contributed by atoms with Crippen LogP contribution in [0.4, 0.5) is 5.69 Å². The van der Waals surface area contributed by atoms with Crippen LogP contribution in [-0.4, -0.2) is 20.0 Å². The van der Waals surface area contributed by atoms with E-state index in [1.54, 1.807) is 11.3 Å². The monoisotopic (exact) mass is 393 g/mol. The van der Waals surface area contributed by atoms with E-state index in [2.05, 4.69) is 69.4 Å². The third kappa shape index (κ3) is 3.72. The second-order valence-corrected chi connectivity index (χ2v) is 8.91. The van der Waals surface area contributed by atoms with Gasteiger partial charge in [-0.3, -0.25) is 0 Å². The zero-order valence-corrected chi connectivity index (χ0v) is 16.1. The molecule has 1 aromatic carbocycles. The van der Waals surface area contributed by atoms with Crippen LogP contribution in [0.1, 0.15) is 30.7 Å². The standard InChI is InChI=1S/C16H20BrN5S/c1-10-18-7-11(23-10)8-19-12-5-6-13-15(14(12)17)20-21-22(13)9-16(2,3)4/h5-7,19H,8-9H2,1-4H3. The van der Waals surface area contributed by atoms with Gasteiger partial charge in [-0.2, -0.15) is 0 Å². The van der Waals surface area contributed by atoms with Crippen LogP contribution in [0, 0.1) is 12.3 Å². The number of nitrogens with one attached hydrogen (secondary N) is 1. The summed E-state index contributed by atoms with van der Waals surface area (Å²) in [5.74, 6) is 0. The van der Waals surface area contributed by atoms with Crippen molar-refractivity contribution in [3.63, 3.8) is 0 Å². The van der Waals surface area contributed by atoms with E-state index in [9.17, 15) is 0 Å². The molecule has 0 aliphatic carbocycles. The van der Waals surface area contributed by atoms with Gasteiger partial charge in [0.05, 0.1) is 27.2 Å². The van der Waals surface area contributed by atoms with Crippen LogP contribution in [0.2, 0.25) is 0 Å². The van der Waals surface area contributed by atoms with Crippen molar-refractivity contribution in [2.75, 3.05) is 5.32 Å². The number of hydrogen-bond donors (Lipinski definition) is 1. The van der Waals surface area contributed by atoms with Crippen molar-refractivity contribution >= 4 is 44.0 Å². The maximum atomic E-state index is 4.34. The number of rotatable bonds is 4. The Hall–Kier alpha value is -1.47. The molecule has 2 aromatic heterocycles. The maximum Gasteiger partial charge on any atom is 0.129 e. The van der Waals surface area contributed by atoms with Gasteiger partial charge < -0.3 is 5.32 Å². The van der Waals surface area contributed by atoms with Crippen LogP contribution in [0.3, 0.4) is 0 Å². The first kappa shape index (κ1) is 16.4. The topological polar surface area (TPSA) is 55.6 Å². The molecule has 0 spiro atoms. The van der Waals surface area contributed by atoms with Gasteiger partial charge in [0.1, 0.15) is 5.52 Å². The minimum atomic E-state index is 0.161. The van der Waals surface area contributed by atoms with Gasteiger partial charge >= 0.3 is 0 Å². The minimum absolute atomic E-state index is 0.161. The van der Waals surface area contributed by atoms with Gasteiger partial charge in [-0.25, -0.2) is 9.67 Å². The molecule has 0 saturated heterocycles. The van der Waals surface area contributed by atoms with Crippen molar-refractivity contribution in [2.24, 2.45) is 5.41 Å². The molecule has 23 heavy (non-hydrogen) atoms. The van der Waals surface area contributed by atoms with E-state index in [4.69, 9.17) is 0 Å². The molecule has 2 heterocycles. The van der Waals surface area contributed by atoms with Crippen molar-refractivity contribution in [1.29, 1.82) is 0 Å². The summed E-state index contributed by atoms with van der Waals surface area (Å²) in [6, 6.07) is 4.15. The van der Waals surface area contributed by atoms with Gasteiger partial charge in [0.2, 0.25) is 0 Å². The Balaban J connectivity index is 1.84. The number of benzene rings is 1. The fraction of sp³-hybridized carbons (Fsp3) is 0.438. The third-order valence-electron chi connectivity index (χ3n) is 3.37. The Morgan fingerprint density at radius 3 is 2.74 bits per heavy atom. The Labute approximate surface area is 148 Å². The quantitative estimate of drug-likeness (QED) is 0.702. The predicted octanol–water partition coefficient (Wildman–Crippen LogP) is 4.62. The van der Waals surface area contributed by atoms with E-state index in [0.29, 0.717) is 0 Å². The summed E-state index contributed by atoms with van der Waals surface area (Å²) in [6.45, 7) is 10.2. The van der Waals surface area contributed by atoms with Crippen LogP contribution in [0.15, 0.2) is 22.8 Å². The first-order valence-corrected chi connectivity index (χ1v) is 9.11. The van der Waals surface area contributed by atoms with Crippen LogP contribution >= 0.6 is 27.3 Å². The van der Waals surface area contributed by atoms with E-state index in [0.717, 1.165) is 39.3 Å². The van der Waals surface area contributed by atoms with E-state index < -0.39 is 0 Å². The fourth-order valence-electron chi connectivity index (χ4n) is 2.38. The molecule has 0 fully saturated rings. The molecular weight excluding hydrogens is 374 g/mol. The average molecular weight is 394 g/mol. The number of fused-ring (bicyclic) bond motifs is 1. The van der Waals surface area contributed by atoms with Gasteiger partial charge in [-0.1, -0.05) is 26.0 Å². The summed E-state index contributed by atoms with van der Waals surface area (Å²) < 4.78 is 2.92. The SMILES string of the molecule is Cc1ncc(CNc2ccc3c(nnn3CC(C)(C)C)c2Br)s1. The average Bonchev–Trinajstić information content (AvgIpc) is 3.04. The molecule has 0 unspecified atom stereocenters. The number of hydrogen-bond acceptors (Lipinski definition) is 5. The molecule has 0 bridgehead atoms. The number of nitrogens with zero attached hydrogens (tertiary/aromatic N) is 4. The van der Waals surface area contributed by atoms with E-state index in [1.807, 2.05) is 17.8 Å². The zero-order chi connectivity index (χ0) is 16.6. The fourth-order valence-corrected chi connectivity index (χ4v) is 3.67. The molecule has 0 aliphatic heterocycles. The van der Waals surface area contributed by atoms with Crippen LogP contribution < -0.4 is 5.32 Å². The summed E-state index contributed by atoms with van der Waals surface area (Å²) in [6.07, 6.45) is 1.92. The highest BCUT2D eigenvalue weighted by molar-refractivity contribution is 9.10. The first-order valence-electron chi connectivity index (χ1n) is 7.50. The van der Waals surface area contributed by atoms with Gasteiger partial charge in [0.15, 0.2) is 0 Å².